The maximum Gasteiger partial charge on any atom is 0.124 e. The van der Waals surface area contributed by atoms with Crippen LogP contribution in [0.4, 0.5) is 0 Å². The first-order chi connectivity index (χ1) is 8.52. The third-order valence-corrected chi connectivity index (χ3v) is 2.51. The second-order valence-electron chi connectivity index (χ2n) is 4.67. The minimum absolute atomic E-state index is 0.436. The number of ether oxygens (including phenoxy) is 1. The molecule has 0 aliphatic carbocycles. The zero-order valence-electron chi connectivity index (χ0n) is 11.3. The fraction of sp³-hybridized carbons (Fsp3) is 0.400. The summed E-state index contributed by atoms with van der Waals surface area (Å²) >= 11 is 0. The van der Waals surface area contributed by atoms with Gasteiger partial charge >= 0.3 is 0 Å². The van der Waals surface area contributed by atoms with E-state index >= 15 is 0 Å². The molecule has 0 atom stereocenters. The van der Waals surface area contributed by atoms with E-state index in [0.29, 0.717) is 18.2 Å². The molecule has 1 N–H and O–H groups in total. The molecule has 96 valence electrons. The lowest BCUT2D eigenvalue weighted by Gasteiger charge is -2.13. The Bertz CT molecular complexity index is 458. The average molecular weight is 244 g/mol. The number of nitrogens with zero attached hydrogens (tertiary/aromatic N) is 1. The first kappa shape index (κ1) is 14.3. The van der Waals surface area contributed by atoms with E-state index in [9.17, 15) is 0 Å². The molecule has 1 aromatic carbocycles. The van der Waals surface area contributed by atoms with Crippen LogP contribution in [-0.4, -0.2) is 19.2 Å². The van der Waals surface area contributed by atoms with Gasteiger partial charge in [0.15, 0.2) is 0 Å². The fourth-order valence-electron chi connectivity index (χ4n) is 1.40. The quantitative estimate of drug-likeness (QED) is 0.783. The second kappa shape index (κ2) is 6.83. The molecule has 0 spiro atoms. The van der Waals surface area contributed by atoms with Crippen molar-refractivity contribution in [2.24, 2.45) is 0 Å². The van der Waals surface area contributed by atoms with Crippen molar-refractivity contribution in [3.8, 4) is 11.8 Å². The summed E-state index contributed by atoms with van der Waals surface area (Å²) in [6.07, 6.45) is 0. The van der Waals surface area contributed by atoms with Crippen LogP contribution in [0.1, 0.15) is 25.0 Å². The van der Waals surface area contributed by atoms with E-state index in [4.69, 9.17) is 10.00 Å². The van der Waals surface area contributed by atoms with E-state index in [1.807, 2.05) is 13.0 Å². The molecular weight excluding hydrogens is 224 g/mol. The molecule has 0 radical (unpaired) electrons. The summed E-state index contributed by atoms with van der Waals surface area (Å²) < 4.78 is 5.68. The summed E-state index contributed by atoms with van der Waals surface area (Å²) in [5.74, 6) is 0.750. The maximum atomic E-state index is 8.84. The molecule has 0 fully saturated rings. The Morgan fingerprint density at radius 3 is 2.83 bits per heavy atom. The molecule has 0 aliphatic rings. The average Bonchev–Trinajstić information content (AvgIpc) is 2.35. The lowest BCUT2D eigenvalue weighted by Crippen LogP contribution is -2.26. The lowest BCUT2D eigenvalue weighted by molar-refractivity contribution is 0.345. The van der Waals surface area contributed by atoms with Gasteiger partial charge in [0.25, 0.3) is 0 Å². The van der Waals surface area contributed by atoms with Gasteiger partial charge in [0.05, 0.1) is 11.6 Å². The normalized spacial score (nSPS) is 10.2. The van der Waals surface area contributed by atoms with Crippen molar-refractivity contribution in [2.75, 3.05) is 13.2 Å². The number of rotatable bonds is 6. The highest BCUT2D eigenvalue weighted by Crippen LogP contribution is 2.19. The summed E-state index contributed by atoms with van der Waals surface area (Å²) in [5, 5.41) is 12.1. The highest BCUT2D eigenvalue weighted by molar-refractivity contribution is 5.41. The van der Waals surface area contributed by atoms with Crippen molar-refractivity contribution < 1.29 is 4.74 Å². The van der Waals surface area contributed by atoms with Crippen LogP contribution in [0.5, 0.6) is 5.75 Å². The van der Waals surface area contributed by atoms with Crippen molar-refractivity contribution in [3.05, 3.63) is 41.5 Å². The molecular formula is C15H20N2O. The molecule has 0 saturated heterocycles. The van der Waals surface area contributed by atoms with E-state index in [0.717, 1.165) is 23.4 Å². The number of benzene rings is 1. The van der Waals surface area contributed by atoms with Gasteiger partial charge in [-0.15, -0.1) is 0 Å². The highest BCUT2D eigenvalue weighted by Gasteiger charge is 2.03. The van der Waals surface area contributed by atoms with Gasteiger partial charge in [-0.3, -0.25) is 0 Å². The molecule has 0 aliphatic heterocycles. The second-order valence-corrected chi connectivity index (χ2v) is 4.67. The van der Waals surface area contributed by atoms with Crippen LogP contribution in [0.3, 0.4) is 0 Å². The summed E-state index contributed by atoms with van der Waals surface area (Å²) in [6, 6.07) is 7.99. The van der Waals surface area contributed by atoms with E-state index in [1.165, 1.54) is 0 Å². The number of nitrogens with one attached hydrogen (secondary N) is 1. The standard InChI is InChI=1S/C15H20N2O/c1-11(2)17-9-12(3)10-18-15-7-14(8-16)6-5-13(15)4/h5-7,11,17H,3,9-10H2,1-2,4H3. The topological polar surface area (TPSA) is 45.0 Å². The summed E-state index contributed by atoms with van der Waals surface area (Å²) in [7, 11) is 0. The number of nitriles is 1. The van der Waals surface area contributed by atoms with E-state index in [-0.39, 0.29) is 0 Å². The van der Waals surface area contributed by atoms with Crippen molar-refractivity contribution in [3.63, 3.8) is 0 Å². The molecule has 0 heterocycles. The Kier molecular flexibility index (Phi) is 5.41. The van der Waals surface area contributed by atoms with Crippen molar-refractivity contribution in [2.45, 2.75) is 26.8 Å². The van der Waals surface area contributed by atoms with E-state index < -0.39 is 0 Å². The molecule has 0 saturated carbocycles. The van der Waals surface area contributed by atoms with Crippen LogP contribution in [0.25, 0.3) is 0 Å². The highest BCUT2D eigenvalue weighted by atomic mass is 16.5. The molecule has 1 rings (SSSR count). The molecule has 1 aromatic rings. The summed E-state index contributed by atoms with van der Waals surface area (Å²) in [5.41, 5.74) is 2.63. The zero-order chi connectivity index (χ0) is 13.5. The first-order valence-corrected chi connectivity index (χ1v) is 6.06. The van der Waals surface area contributed by atoms with Gasteiger partial charge in [0.1, 0.15) is 12.4 Å². The van der Waals surface area contributed by atoms with Crippen LogP contribution in [0.15, 0.2) is 30.4 Å². The van der Waals surface area contributed by atoms with Gasteiger partial charge in [-0.1, -0.05) is 26.5 Å². The predicted molar refractivity (Wildman–Crippen MR) is 73.7 cm³/mol. The number of aryl methyl sites for hydroxylation is 1. The van der Waals surface area contributed by atoms with Gasteiger partial charge in [0, 0.05) is 12.6 Å². The van der Waals surface area contributed by atoms with Gasteiger partial charge in [-0.05, 0) is 30.2 Å². The Labute approximate surface area is 109 Å². The van der Waals surface area contributed by atoms with Crippen LogP contribution >= 0.6 is 0 Å². The third kappa shape index (κ3) is 4.60. The Hall–Kier alpha value is -1.79. The molecule has 0 bridgehead atoms. The summed E-state index contributed by atoms with van der Waals surface area (Å²) in [6.45, 7) is 11.3. The van der Waals surface area contributed by atoms with E-state index in [2.05, 4.69) is 31.8 Å². The largest absolute Gasteiger partial charge is 0.489 e. The van der Waals surface area contributed by atoms with Crippen molar-refractivity contribution >= 4 is 0 Å². The molecule has 0 unspecified atom stereocenters. The van der Waals surface area contributed by atoms with Gasteiger partial charge < -0.3 is 10.1 Å². The van der Waals surface area contributed by atoms with Crippen LogP contribution < -0.4 is 10.1 Å². The molecule has 18 heavy (non-hydrogen) atoms. The van der Waals surface area contributed by atoms with E-state index in [1.54, 1.807) is 12.1 Å². The lowest BCUT2D eigenvalue weighted by atomic mass is 10.1. The minimum Gasteiger partial charge on any atom is -0.489 e. The SMILES string of the molecule is C=C(CNC(C)C)COc1cc(C#N)ccc1C. The smallest absolute Gasteiger partial charge is 0.124 e. The molecule has 3 heteroatoms. The molecule has 3 nitrogen and oxygen atoms in total. The first-order valence-electron chi connectivity index (χ1n) is 6.06. The molecule has 0 aromatic heterocycles. The van der Waals surface area contributed by atoms with Crippen LogP contribution in [0.2, 0.25) is 0 Å². The van der Waals surface area contributed by atoms with Crippen LogP contribution in [0, 0.1) is 18.3 Å². The Balaban J connectivity index is 2.53. The number of hydrogen-bond acceptors (Lipinski definition) is 3. The monoisotopic (exact) mass is 244 g/mol. The van der Waals surface area contributed by atoms with Gasteiger partial charge in [-0.25, -0.2) is 0 Å². The van der Waals surface area contributed by atoms with Crippen molar-refractivity contribution in [1.29, 1.82) is 5.26 Å². The number of hydrogen-bond donors (Lipinski definition) is 1. The molecule has 0 amide bonds. The fourth-order valence-corrected chi connectivity index (χ4v) is 1.40. The van der Waals surface area contributed by atoms with Gasteiger partial charge in [-0.2, -0.15) is 5.26 Å². The Morgan fingerprint density at radius 1 is 1.50 bits per heavy atom. The predicted octanol–water partition coefficient (Wildman–Crippen LogP) is 2.80. The van der Waals surface area contributed by atoms with Crippen molar-refractivity contribution in [1.82, 2.24) is 5.32 Å². The minimum atomic E-state index is 0.436. The third-order valence-electron chi connectivity index (χ3n) is 2.51. The summed E-state index contributed by atoms with van der Waals surface area (Å²) in [4.78, 5) is 0. The van der Waals surface area contributed by atoms with Crippen LogP contribution in [-0.2, 0) is 0 Å². The zero-order valence-corrected chi connectivity index (χ0v) is 11.3. The van der Waals surface area contributed by atoms with Gasteiger partial charge in [0.2, 0.25) is 0 Å². The Morgan fingerprint density at radius 2 is 2.22 bits per heavy atom. The maximum absolute atomic E-state index is 8.84.